The van der Waals surface area contributed by atoms with Gasteiger partial charge in [0.25, 0.3) is 0 Å². The number of ether oxygens (including phenoxy) is 1. The smallest absolute Gasteiger partial charge is 0.407 e. The highest BCUT2D eigenvalue weighted by Crippen LogP contribution is 2.25. The summed E-state index contributed by atoms with van der Waals surface area (Å²) in [5, 5.41) is 5.51. The highest BCUT2D eigenvalue weighted by atomic mass is 32.2. The topological polar surface area (TPSA) is 105 Å². The quantitative estimate of drug-likeness (QED) is 0.752. The number of amides is 2. The summed E-state index contributed by atoms with van der Waals surface area (Å²) < 4.78 is 32.4. The molecule has 8 nitrogen and oxygen atoms in total. The molecule has 1 aromatic carbocycles. The number of sulfonamides is 1. The number of benzene rings is 1. The van der Waals surface area contributed by atoms with Crippen LogP contribution in [0.15, 0.2) is 35.2 Å². The molecule has 1 heterocycles. The second kappa shape index (κ2) is 9.58. The molecule has 0 unspecified atom stereocenters. The Labute approximate surface area is 172 Å². The van der Waals surface area contributed by atoms with Crippen molar-refractivity contribution in [3.63, 3.8) is 0 Å². The van der Waals surface area contributed by atoms with Gasteiger partial charge in [0.1, 0.15) is 6.10 Å². The van der Waals surface area contributed by atoms with Crippen LogP contribution in [-0.4, -0.2) is 57.0 Å². The molecule has 0 aromatic heterocycles. The Morgan fingerprint density at radius 2 is 1.76 bits per heavy atom. The number of rotatable bonds is 5. The van der Waals surface area contributed by atoms with E-state index < -0.39 is 16.1 Å². The maximum Gasteiger partial charge on any atom is 0.407 e. The standard InChI is InChI=1S/C20H29N3O5S/c1-21-20(25)28-17-11-9-16(10-12-17)22-19(24)15-6-5-13-23(14-15)29(26,27)18-7-3-2-4-8-18/h2-4,7-8,15-17H,5-6,9-14H2,1H3,(H,21,25)(H,22,24)/t15-,16?,17?/m0/s1. The molecule has 2 N–H and O–H groups in total. The van der Waals surface area contributed by atoms with Gasteiger partial charge >= 0.3 is 6.09 Å². The zero-order valence-electron chi connectivity index (χ0n) is 16.7. The van der Waals surface area contributed by atoms with Gasteiger partial charge < -0.3 is 15.4 Å². The summed E-state index contributed by atoms with van der Waals surface area (Å²) in [4.78, 5) is 24.3. The van der Waals surface area contributed by atoms with Crippen molar-refractivity contribution >= 4 is 22.0 Å². The van der Waals surface area contributed by atoms with E-state index in [0.29, 0.717) is 32.2 Å². The highest BCUT2D eigenvalue weighted by molar-refractivity contribution is 7.89. The Morgan fingerprint density at radius 1 is 1.07 bits per heavy atom. The van der Waals surface area contributed by atoms with E-state index in [-0.39, 0.29) is 35.4 Å². The minimum Gasteiger partial charge on any atom is -0.446 e. The molecule has 2 aliphatic rings. The minimum absolute atomic E-state index is 0.0353. The molecule has 2 fully saturated rings. The third kappa shape index (κ3) is 5.48. The minimum atomic E-state index is -3.58. The fourth-order valence-corrected chi connectivity index (χ4v) is 5.52. The maximum absolute atomic E-state index is 12.8. The van der Waals surface area contributed by atoms with Gasteiger partial charge in [0.2, 0.25) is 15.9 Å². The number of piperidine rings is 1. The molecule has 1 aromatic rings. The average Bonchev–Trinajstić information content (AvgIpc) is 2.75. The second-order valence-electron chi connectivity index (χ2n) is 7.65. The first kappa shape index (κ1) is 21.6. The van der Waals surface area contributed by atoms with Crippen molar-refractivity contribution in [2.45, 2.75) is 55.6 Å². The molecule has 0 bridgehead atoms. The molecule has 2 amide bonds. The monoisotopic (exact) mass is 423 g/mol. The van der Waals surface area contributed by atoms with Crippen LogP contribution in [0.3, 0.4) is 0 Å². The number of carbonyl (C=O) groups is 2. The molecular formula is C20H29N3O5S. The molecular weight excluding hydrogens is 394 g/mol. The molecule has 0 radical (unpaired) electrons. The van der Waals surface area contributed by atoms with E-state index in [1.54, 1.807) is 30.3 Å². The summed E-state index contributed by atoms with van der Waals surface area (Å²) in [6, 6.07) is 8.38. The number of hydrogen-bond donors (Lipinski definition) is 2. The van der Waals surface area contributed by atoms with Crippen LogP contribution in [0, 0.1) is 5.92 Å². The van der Waals surface area contributed by atoms with Crippen LogP contribution in [0.2, 0.25) is 0 Å². The zero-order valence-corrected chi connectivity index (χ0v) is 17.5. The van der Waals surface area contributed by atoms with Crippen molar-refractivity contribution in [2.75, 3.05) is 20.1 Å². The number of carbonyl (C=O) groups excluding carboxylic acids is 2. The molecule has 9 heteroatoms. The predicted molar refractivity (Wildman–Crippen MR) is 108 cm³/mol. The van der Waals surface area contributed by atoms with E-state index in [0.717, 1.165) is 12.8 Å². The number of alkyl carbamates (subject to hydrolysis) is 1. The van der Waals surface area contributed by atoms with Gasteiger partial charge in [-0.15, -0.1) is 0 Å². The first-order valence-corrected chi connectivity index (χ1v) is 11.6. The fourth-order valence-electron chi connectivity index (χ4n) is 3.97. The van der Waals surface area contributed by atoms with E-state index in [1.807, 2.05) is 0 Å². The summed E-state index contributed by atoms with van der Waals surface area (Å²) >= 11 is 0. The fraction of sp³-hybridized carbons (Fsp3) is 0.600. The molecule has 1 saturated carbocycles. The van der Waals surface area contributed by atoms with Crippen LogP contribution in [0.1, 0.15) is 38.5 Å². The van der Waals surface area contributed by atoms with Gasteiger partial charge in [0.15, 0.2) is 0 Å². The first-order valence-electron chi connectivity index (χ1n) is 10.1. The number of nitrogens with one attached hydrogen (secondary N) is 2. The second-order valence-corrected chi connectivity index (χ2v) is 9.59. The lowest BCUT2D eigenvalue weighted by Gasteiger charge is -2.33. The first-order chi connectivity index (χ1) is 13.9. The van der Waals surface area contributed by atoms with Crippen LogP contribution in [0.4, 0.5) is 4.79 Å². The van der Waals surface area contributed by atoms with E-state index in [4.69, 9.17) is 4.74 Å². The highest BCUT2D eigenvalue weighted by Gasteiger charge is 2.34. The summed E-state index contributed by atoms with van der Waals surface area (Å²) in [7, 11) is -2.06. The Kier molecular flexibility index (Phi) is 7.13. The van der Waals surface area contributed by atoms with Crippen LogP contribution in [0.5, 0.6) is 0 Å². The van der Waals surface area contributed by atoms with Gasteiger partial charge in [-0.1, -0.05) is 18.2 Å². The van der Waals surface area contributed by atoms with Crippen molar-refractivity contribution in [3.8, 4) is 0 Å². The van der Waals surface area contributed by atoms with Crippen molar-refractivity contribution in [3.05, 3.63) is 30.3 Å². The molecule has 29 heavy (non-hydrogen) atoms. The maximum atomic E-state index is 12.8. The van der Waals surface area contributed by atoms with Gasteiger partial charge in [-0.25, -0.2) is 13.2 Å². The van der Waals surface area contributed by atoms with Crippen LogP contribution >= 0.6 is 0 Å². The van der Waals surface area contributed by atoms with Crippen molar-refractivity contribution in [2.24, 2.45) is 5.92 Å². The number of nitrogens with zero attached hydrogens (tertiary/aromatic N) is 1. The summed E-state index contributed by atoms with van der Waals surface area (Å²) in [6.07, 6.45) is 3.69. The molecule has 0 spiro atoms. The lowest BCUT2D eigenvalue weighted by Crippen LogP contribution is -2.48. The lowest BCUT2D eigenvalue weighted by atomic mass is 9.91. The van der Waals surface area contributed by atoms with Gasteiger partial charge in [-0.3, -0.25) is 4.79 Å². The Hall–Kier alpha value is -2.13. The summed E-state index contributed by atoms with van der Waals surface area (Å²) in [5.41, 5.74) is 0. The summed E-state index contributed by atoms with van der Waals surface area (Å²) in [6.45, 7) is 0.640. The van der Waals surface area contributed by atoms with Crippen molar-refractivity contribution < 1.29 is 22.7 Å². The largest absolute Gasteiger partial charge is 0.446 e. The van der Waals surface area contributed by atoms with Crippen molar-refractivity contribution in [1.82, 2.24) is 14.9 Å². The Balaban J connectivity index is 1.52. The third-order valence-corrected chi connectivity index (χ3v) is 7.51. The van der Waals surface area contributed by atoms with Crippen LogP contribution < -0.4 is 10.6 Å². The SMILES string of the molecule is CNC(=O)OC1CCC(NC(=O)[C@H]2CCCN(S(=O)(=O)c3ccccc3)C2)CC1. The van der Waals surface area contributed by atoms with E-state index in [9.17, 15) is 18.0 Å². The van der Waals surface area contributed by atoms with E-state index >= 15 is 0 Å². The average molecular weight is 424 g/mol. The molecule has 1 aliphatic heterocycles. The normalized spacial score (nSPS) is 25.8. The molecule has 160 valence electrons. The summed E-state index contributed by atoms with van der Waals surface area (Å²) in [5.74, 6) is -0.435. The molecule has 1 saturated heterocycles. The van der Waals surface area contributed by atoms with Gasteiger partial charge in [-0.05, 0) is 50.7 Å². The van der Waals surface area contributed by atoms with Gasteiger partial charge in [-0.2, -0.15) is 4.31 Å². The molecule has 1 atom stereocenters. The zero-order chi connectivity index (χ0) is 20.9. The number of hydrogen-bond acceptors (Lipinski definition) is 5. The van der Waals surface area contributed by atoms with E-state index in [2.05, 4.69) is 10.6 Å². The van der Waals surface area contributed by atoms with E-state index in [1.165, 1.54) is 11.4 Å². The molecule has 1 aliphatic carbocycles. The predicted octanol–water partition coefficient (Wildman–Crippen LogP) is 1.87. The van der Waals surface area contributed by atoms with Crippen LogP contribution in [-0.2, 0) is 19.6 Å². The molecule has 3 rings (SSSR count). The van der Waals surface area contributed by atoms with Gasteiger partial charge in [0.05, 0.1) is 10.8 Å². The van der Waals surface area contributed by atoms with Gasteiger partial charge in [0, 0.05) is 26.2 Å². The Bertz CT molecular complexity index is 807. The van der Waals surface area contributed by atoms with Crippen LogP contribution in [0.25, 0.3) is 0 Å². The lowest BCUT2D eigenvalue weighted by molar-refractivity contribution is -0.127. The third-order valence-electron chi connectivity index (χ3n) is 5.63. The van der Waals surface area contributed by atoms with Crippen molar-refractivity contribution in [1.29, 1.82) is 0 Å². The Morgan fingerprint density at radius 3 is 2.41 bits per heavy atom.